The Morgan fingerprint density at radius 2 is 1.20 bits per heavy atom. The third-order valence-electron chi connectivity index (χ3n) is 1.38. The summed E-state index contributed by atoms with van der Waals surface area (Å²) < 4.78 is 62.8. The molecule has 0 unspecified atom stereocenters. The summed E-state index contributed by atoms with van der Waals surface area (Å²) in [6.07, 6.45) is 0. The first-order valence-corrected chi connectivity index (χ1v) is 6.05. The monoisotopic (exact) mass is 291 g/mol. The molecule has 0 aliphatic rings. The molecule has 6 nitrogen and oxygen atoms in total. The van der Waals surface area contributed by atoms with Gasteiger partial charge in [-0.05, 0) is 18.2 Å². The molecule has 0 saturated heterocycles. The molecular weight excluding hydrogens is 287 g/mol. The van der Waals surface area contributed by atoms with Crippen LogP contribution in [0.25, 0.3) is 0 Å². The molecule has 83 valence electrons. The van der Waals surface area contributed by atoms with Crippen LogP contribution >= 0.6 is 0 Å². The third-order valence-corrected chi connectivity index (χ3v) is 3.05. The Kier molecular flexibility index (Phi) is 4.47. The van der Waals surface area contributed by atoms with E-state index in [1.54, 1.807) is 0 Å². The first-order chi connectivity index (χ1) is 6.21. The molecule has 0 bridgehead atoms. The van der Waals surface area contributed by atoms with Crippen molar-refractivity contribution in [1.29, 1.82) is 0 Å². The average molecular weight is 291 g/mol. The Hall–Kier alpha value is -0.441. The van der Waals surface area contributed by atoms with Crippen molar-refractivity contribution in [2.75, 3.05) is 0 Å². The predicted octanol–water partition coefficient (Wildman–Crippen LogP) is -0.508. The fourth-order valence-corrected chi connectivity index (χ4v) is 1.89. The summed E-state index contributed by atoms with van der Waals surface area (Å²) >= 11 is 0. The zero-order chi connectivity index (χ0) is 11.0. The first-order valence-electron chi connectivity index (χ1n) is 3.23. The van der Waals surface area contributed by atoms with Crippen molar-refractivity contribution in [3.8, 4) is 0 Å². The Morgan fingerprint density at radius 1 is 0.867 bits per heavy atom. The van der Waals surface area contributed by atoms with Gasteiger partial charge in [0.1, 0.15) is 20.2 Å². The fourth-order valence-electron chi connectivity index (χ4n) is 0.785. The normalized spacial score (nSPS) is 11.9. The minimum absolute atomic E-state index is 0. The van der Waals surface area contributed by atoms with Gasteiger partial charge in [0.15, 0.2) is 0 Å². The maximum absolute atomic E-state index is 10.5. The van der Waals surface area contributed by atoms with Crippen LogP contribution in [0.1, 0.15) is 0 Å². The number of rotatable bonds is 2. The average Bonchev–Trinajstić information content (AvgIpc) is 2.01. The van der Waals surface area contributed by atoms with Crippen molar-refractivity contribution in [3.63, 3.8) is 0 Å². The van der Waals surface area contributed by atoms with E-state index < -0.39 is 30.0 Å². The van der Waals surface area contributed by atoms with E-state index in [-0.39, 0.29) is 17.1 Å². The van der Waals surface area contributed by atoms with Gasteiger partial charge in [-0.3, -0.25) is 0 Å². The standard InChI is InChI=1S/C6H6O6S2.Mn/c7-13(8,9)5-2-1-3-6(4-5)14(10,11)12;/h1-4H,(H,7,8,9)(H,10,11,12);/q;+2/p-2. The Morgan fingerprint density at radius 3 is 1.47 bits per heavy atom. The van der Waals surface area contributed by atoms with Crippen LogP contribution in [0.5, 0.6) is 0 Å². The molecule has 0 aliphatic heterocycles. The van der Waals surface area contributed by atoms with E-state index in [9.17, 15) is 25.9 Å². The Labute approximate surface area is 97.3 Å². The van der Waals surface area contributed by atoms with E-state index in [2.05, 4.69) is 0 Å². The van der Waals surface area contributed by atoms with E-state index in [0.717, 1.165) is 18.2 Å². The SMILES string of the molecule is O=S(=O)([O-])c1cccc(S(=O)(=O)[O-])c1.[Mn+2]. The molecule has 1 aromatic carbocycles. The van der Waals surface area contributed by atoms with Crippen LogP contribution < -0.4 is 0 Å². The molecule has 0 fully saturated rings. The molecule has 0 atom stereocenters. The van der Waals surface area contributed by atoms with Gasteiger partial charge in [-0.25, -0.2) is 16.8 Å². The largest absolute Gasteiger partial charge is 2.00 e. The molecule has 0 amide bonds. The van der Waals surface area contributed by atoms with Crippen molar-refractivity contribution >= 4 is 20.2 Å². The van der Waals surface area contributed by atoms with Gasteiger partial charge in [0.05, 0.1) is 9.79 Å². The maximum Gasteiger partial charge on any atom is 2.00 e. The molecule has 0 heterocycles. The van der Waals surface area contributed by atoms with Crippen molar-refractivity contribution in [3.05, 3.63) is 24.3 Å². The molecule has 0 saturated carbocycles. The molecule has 1 radical (unpaired) electrons. The van der Waals surface area contributed by atoms with Gasteiger partial charge in [-0.2, -0.15) is 0 Å². The van der Waals surface area contributed by atoms with E-state index in [1.807, 2.05) is 0 Å². The maximum atomic E-state index is 10.5. The van der Waals surface area contributed by atoms with Crippen LogP contribution in [0.2, 0.25) is 0 Å². The van der Waals surface area contributed by atoms with Crippen LogP contribution in [0.4, 0.5) is 0 Å². The fraction of sp³-hybridized carbons (Fsp3) is 0. The molecule has 1 aromatic rings. The summed E-state index contributed by atoms with van der Waals surface area (Å²) in [5, 5.41) is 0. The predicted molar refractivity (Wildman–Crippen MR) is 42.4 cm³/mol. The van der Waals surface area contributed by atoms with Gasteiger partial charge in [0.2, 0.25) is 0 Å². The van der Waals surface area contributed by atoms with Crippen LogP contribution in [-0.2, 0) is 37.3 Å². The van der Waals surface area contributed by atoms with E-state index >= 15 is 0 Å². The molecule has 1 rings (SSSR count). The molecule has 15 heavy (non-hydrogen) atoms. The van der Waals surface area contributed by atoms with E-state index in [4.69, 9.17) is 0 Å². The topological polar surface area (TPSA) is 114 Å². The van der Waals surface area contributed by atoms with Gasteiger partial charge in [0, 0.05) is 0 Å². The van der Waals surface area contributed by atoms with Gasteiger partial charge in [-0.1, -0.05) is 6.07 Å². The van der Waals surface area contributed by atoms with Crippen molar-refractivity contribution in [2.45, 2.75) is 9.79 Å². The molecule has 0 spiro atoms. The van der Waals surface area contributed by atoms with Crippen LogP contribution in [0, 0.1) is 0 Å². The van der Waals surface area contributed by atoms with Gasteiger partial charge in [-0.15, -0.1) is 0 Å². The molecule has 0 aliphatic carbocycles. The van der Waals surface area contributed by atoms with Crippen LogP contribution in [0.3, 0.4) is 0 Å². The minimum Gasteiger partial charge on any atom is -0.744 e. The van der Waals surface area contributed by atoms with E-state index in [0.29, 0.717) is 6.07 Å². The van der Waals surface area contributed by atoms with Crippen LogP contribution in [0.15, 0.2) is 34.1 Å². The Bertz CT molecular complexity index is 499. The van der Waals surface area contributed by atoms with Crippen molar-refractivity contribution in [2.24, 2.45) is 0 Å². The zero-order valence-electron chi connectivity index (χ0n) is 6.95. The quantitative estimate of drug-likeness (QED) is 0.535. The van der Waals surface area contributed by atoms with Gasteiger partial charge >= 0.3 is 17.1 Å². The first kappa shape index (κ1) is 14.6. The molecule has 0 N–H and O–H groups in total. The summed E-state index contributed by atoms with van der Waals surface area (Å²) in [4.78, 5) is -1.48. The second-order valence-electron chi connectivity index (χ2n) is 2.38. The summed E-state index contributed by atoms with van der Waals surface area (Å²) in [5.74, 6) is 0. The number of hydrogen-bond donors (Lipinski definition) is 0. The van der Waals surface area contributed by atoms with Crippen LogP contribution in [-0.4, -0.2) is 25.9 Å². The second kappa shape index (κ2) is 4.60. The minimum atomic E-state index is -4.74. The van der Waals surface area contributed by atoms with Crippen molar-refractivity contribution < 1.29 is 43.0 Å². The van der Waals surface area contributed by atoms with Gasteiger partial charge < -0.3 is 9.11 Å². The molecular formula is C6H4MnO6S2. The summed E-state index contributed by atoms with van der Waals surface area (Å²) in [6, 6.07) is 3.37. The van der Waals surface area contributed by atoms with Gasteiger partial charge in [0.25, 0.3) is 0 Å². The van der Waals surface area contributed by atoms with Crippen molar-refractivity contribution in [1.82, 2.24) is 0 Å². The summed E-state index contributed by atoms with van der Waals surface area (Å²) in [5.41, 5.74) is 0. The summed E-state index contributed by atoms with van der Waals surface area (Å²) in [6.45, 7) is 0. The summed E-state index contributed by atoms with van der Waals surface area (Å²) in [7, 11) is -9.48. The second-order valence-corrected chi connectivity index (χ2v) is 5.14. The number of hydrogen-bond acceptors (Lipinski definition) is 6. The molecule has 0 aromatic heterocycles. The third kappa shape index (κ3) is 3.90. The number of benzene rings is 1. The smallest absolute Gasteiger partial charge is 0.744 e. The zero-order valence-corrected chi connectivity index (χ0v) is 9.77. The Balaban J connectivity index is 0.00000196. The molecule has 9 heteroatoms. The van der Waals surface area contributed by atoms with E-state index in [1.165, 1.54) is 0 Å².